The van der Waals surface area contributed by atoms with Gasteiger partial charge in [0.05, 0.1) is 6.04 Å². The molecular weight excluding hydrogens is 469 g/mol. The van der Waals surface area contributed by atoms with Crippen LogP contribution in [0, 0.1) is 18.6 Å². The summed E-state index contributed by atoms with van der Waals surface area (Å²) in [5.74, 6) is -2.01. The molecule has 2 aromatic carbocycles. The van der Waals surface area contributed by atoms with Crippen LogP contribution in [-0.4, -0.2) is 32.0 Å². The molecule has 1 fully saturated rings. The van der Waals surface area contributed by atoms with Crippen LogP contribution in [0.1, 0.15) is 61.5 Å². The van der Waals surface area contributed by atoms with Gasteiger partial charge in [0.1, 0.15) is 17.2 Å². The van der Waals surface area contributed by atoms with Gasteiger partial charge in [-0.25, -0.2) is 18.7 Å². The highest BCUT2D eigenvalue weighted by Crippen LogP contribution is 2.60. The average Bonchev–Trinajstić information content (AvgIpc) is 2.80. The predicted molar refractivity (Wildman–Crippen MR) is 119 cm³/mol. The summed E-state index contributed by atoms with van der Waals surface area (Å²) in [6.07, 6.45) is -1.92. The van der Waals surface area contributed by atoms with Crippen LogP contribution in [0.4, 0.5) is 27.6 Å². The van der Waals surface area contributed by atoms with Crippen LogP contribution in [0.2, 0.25) is 0 Å². The molecule has 2 atom stereocenters. The van der Waals surface area contributed by atoms with Gasteiger partial charge < -0.3 is 15.5 Å². The molecule has 186 valence electrons. The highest BCUT2D eigenvalue weighted by molar-refractivity contribution is 5.91. The van der Waals surface area contributed by atoms with Gasteiger partial charge in [-0.05, 0) is 49.9 Å². The Kier molecular flexibility index (Phi) is 5.43. The molecule has 35 heavy (non-hydrogen) atoms. The first-order chi connectivity index (χ1) is 16.5. The number of nitrogens with one attached hydrogen (secondary N) is 1. The monoisotopic (exact) mass is 493 g/mol. The molecule has 1 heterocycles. The Morgan fingerprint density at radius 3 is 2.40 bits per heavy atom. The molecule has 3 N–H and O–H groups in total. The third kappa shape index (κ3) is 3.61. The van der Waals surface area contributed by atoms with Gasteiger partial charge in [0.2, 0.25) is 0 Å². The van der Waals surface area contributed by atoms with E-state index < -0.39 is 47.0 Å². The smallest absolute Gasteiger partial charge is 0.419 e. The molecule has 0 amide bonds. The number of aromatic hydroxyl groups is 1. The Balaban J connectivity index is 1.74. The summed E-state index contributed by atoms with van der Waals surface area (Å²) in [6.45, 7) is 1.56. The average molecular weight is 493 g/mol. The lowest BCUT2D eigenvalue weighted by Gasteiger charge is -2.52. The number of nitrogens with zero attached hydrogens (tertiary/aromatic N) is 2. The molecule has 2 aliphatic rings. The Bertz CT molecular complexity index is 1310. The fourth-order valence-corrected chi connectivity index (χ4v) is 5.91. The molecule has 0 aliphatic heterocycles. The van der Waals surface area contributed by atoms with E-state index in [0.29, 0.717) is 12.8 Å². The molecule has 0 unspecified atom stereocenters. The standard InChI is InChI=1S/C25H24F5N3O2/c1-13-31-11-15-18(8-7-16(26)20(15)32-13)33-22-14-5-6-17(27)21(34)19(14)23(9-3-2-4-10-23)12-24(22,35)25(28,29)30/h5-8,11,22,33-35H,2-4,9-10,12H2,1H3/t22-,24-/m0/s1. The van der Waals surface area contributed by atoms with E-state index in [4.69, 9.17) is 0 Å². The summed E-state index contributed by atoms with van der Waals surface area (Å²) in [6, 6.07) is 2.60. The minimum Gasteiger partial charge on any atom is -0.505 e. The Morgan fingerprint density at radius 1 is 1.03 bits per heavy atom. The zero-order valence-corrected chi connectivity index (χ0v) is 18.9. The second-order valence-electron chi connectivity index (χ2n) is 9.65. The lowest BCUT2D eigenvalue weighted by molar-refractivity contribution is -0.277. The molecule has 2 aliphatic carbocycles. The normalized spacial score (nSPS) is 23.9. The third-order valence-corrected chi connectivity index (χ3v) is 7.51. The fraction of sp³-hybridized carbons (Fsp3) is 0.440. The first-order valence-electron chi connectivity index (χ1n) is 11.5. The van der Waals surface area contributed by atoms with Gasteiger partial charge in [-0.1, -0.05) is 25.3 Å². The fourth-order valence-electron chi connectivity index (χ4n) is 5.91. The van der Waals surface area contributed by atoms with Crippen molar-refractivity contribution in [1.29, 1.82) is 0 Å². The molecule has 10 heteroatoms. The summed E-state index contributed by atoms with van der Waals surface area (Å²) in [5, 5.41) is 24.9. The Labute approximate surface area is 198 Å². The Morgan fingerprint density at radius 2 is 1.71 bits per heavy atom. The molecular formula is C25H24F5N3O2. The van der Waals surface area contributed by atoms with Crippen LogP contribution in [0.3, 0.4) is 0 Å². The molecule has 0 bridgehead atoms. The van der Waals surface area contributed by atoms with Crippen molar-refractivity contribution < 1.29 is 32.2 Å². The van der Waals surface area contributed by atoms with Crippen LogP contribution in [0.5, 0.6) is 5.75 Å². The summed E-state index contributed by atoms with van der Waals surface area (Å²) < 4.78 is 72.8. The highest BCUT2D eigenvalue weighted by Gasteiger charge is 2.66. The van der Waals surface area contributed by atoms with Crippen LogP contribution in [0.15, 0.2) is 30.5 Å². The van der Waals surface area contributed by atoms with E-state index in [0.717, 1.165) is 18.6 Å². The van der Waals surface area contributed by atoms with Gasteiger partial charge in [-0.2, -0.15) is 13.2 Å². The van der Waals surface area contributed by atoms with E-state index in [-0.39, 0.29) is 46.4 Å². The lowest BCUT2D eigenvalue weighted by Crippen LogP contribution is -2.59. The second kappa shape index (κ2) is 8.01. The number of benzene rings is 2. The number of phenols is 1. The van der Waals surface area contributed by atoms with Crippen molar-refractivity contribution in [2.75, 3.05) is 5.32 Å². The quantitative estimate of drug-likeness (QED) is 0.383. The van der Waals surface area contributed by atoms with Crippen LogP contribution in [0.25, 0.3) is 10.9 Å². The maximum absolute atomic E-state index is 14.6. The number of hydrogen-bond acceptors (Lipinski definition) is 5. The van der Waals surface area contributed by atoms with Crippen molar-refractivity contribution in [2.24, 2.45) is 0 Å². The van der Waals surface area contributed by atoms with E-state index >= 15 is 0 Å². The number of aryl methyl sites for hydroxylation is 1. The zero-order chi connectivity index (χ0) is 25.2. The number of halogens is 5. The van der Waals surface area contributed by atoms with Crippen molar-refractivity contribution in [2.45, 2.75) is 68.7 Å². The van der Waals surface area contributed by atoms with Gasteiger partial charge in [-0.15, -0.1) is 0 Å². The van der Waals surface area contributed by atoms with E-state index in [1.165, 1.54) is 18.3 Å². The van der Waals surface area contributed by atoms with Crippen molar-refractivity contribution >= 4 is 16.6 Å². The molecule has 3 aromatic rings. The van der Waals surface area contributed by atoms with Crippen molar-refractivity contribution in [3.8, 4) is 5.75 Å². The molecule has 1 saturated carbocycles. The maximum Gasteiger partial charge on any atom is 0.419 e. The number of anilines is 1. The molecule has 5 rings (SSSR count). The minimum atomic E-state index is -5.06. The van der Waals surface area contributed by atoms with E-state index in [2.05, 4.69) is 15.3 Å². The largest absolute Gasteiger partial charge is 0.505 e. The van der Waals surface area contributed by atoms with E-state index in [9.17, 15) is 32.2 Å². The molecule has 5 nitrogen and oxygen atoms in total. The van der Waals surface area contributed by atoms with Crippen molar-refractivity contribution in [3.63, 3.8) is 0 Å². The first kappa shape index (κ1) is 23.7. The Hall–Kier alpha value is -3.01. The molecule has 1 spiro atoms. The number of aliphatic hydroxyl groups is 1. The number of fused-ring (bicyclic) bond motifs is 3. The number of hydrogen-bond donors (Lipinski definition) is 3. The number of phenolic OH excluding ortho intramolecular Hbond substituents is 1. The predicted octanol–water partition coefficient (Wildman–Crippen LogP) is 5.97. The minimum absolute atomic E-state index is 0.0395. The topological polar surface area (TPSA) is 78.3 Å². The van der Waals surface area contributed by atoms with Gasteiger partial charge >= 0.3 is 6.18 Å². The van der Waals surface area contributed by atoms with Gasteiger partial charge in [0.25, 0.3) is 0 Å². The summed E-state index contributed by atoms with van der Waals surface area (Å²) in [7, 11) is 0. The highest BCUT2D eigenvalue weighted by atomic mass is 19.4. The number of alkyl halides is 3. The molecule has 0 radical (unpaired) electrons. The van der Waals surface area contributed by atoms with Gasteiger partial charge in [-0.3, -0.25) is 0 Å². The van der Waals surface area contributed by atoms with Gasteiger partial charge in [0.15, 0.2) is 17.2 Å². The summed E-state index contributed by atoms with van der Waals surface area (Å²) in [5.41, 5.74) is -4.42. The van der Waals surface area contributed by atoms with Crippen LogP contribution in [-0.2, 0) is 5.41 Å². The molecule has 1 aromatic heterocycles. The maximum atomic E-state index is 14.6. The second-order valence-corrected chi connectivity index (χ2v) is 9.65. The summed E-state index contributed by atoms with van der Waals surface area (Å²) in [4.78, 5) is 8.09. The zero-order valence-electron chi connectivity index (χ0n) is 18.9. The van der Waals surface area contributed by atoms with Crippen molar-refractivity contribution in [3.05, 3.63) is 59.0 Å². The van der Waals surface area contributed by atoms with E-state index in [1.54, 1.807) is 6.92 Å². The summed E-state index contributed by atoms with van der Waals surface area (Å²) >= 11 is 0. The van der Waals surface area contributed by atoms with Gasteiger partial charge in [0, 0.05) is 28.2 Å². The van der Waals surface area contributed by atoms with Crippen LogP contribution < -0.4 is 5.32 Å². The number of rotatable bonds is 2. The van der Waals surface area contributed by atoms with Crippen LogP contribution >= 0.6 is 0 Å². The lowest BCUT2D eigenvalue weighted by atomic mass is 9.56. The number of aromatic nitrogens is 2. The molecule has 0 saturated heterocycles. The van der Waals surface area contributed by atoms with Crippen molar-refractivity contribution in [1.82, 2.24) is 9.97 Å². The van der Waals surface area contributed by atoms with E-state index in [1.807, 2.05) is 0 Å². The SMILES string of the molecule is Cc1ncc2c(N[C@H]3c4ccc(F)c(O)c4C4(CCCCC4)C[C@@]3(O)C(F)(F)F)ccc(F)c2n1. The first-order valence-corrected chi connectivity index (χ1v) is 11.5. The third-order valence-electron chi connectivity index (χ3n) is 7.51.